The summed E-state index contributed by atoms with van der Waals surface area (Å²) in [5, 5.41) is 12.0. The molecule has 0 bridgehead atoms. The first-order valence-electron chi connectivity index (χ1n) is 9.09. The van der Waals surface area contributed by atoms with Gasteiger partial charge >= 0.3 is 0 Å². The van der Waals surface area contributed by atoms with Gasteiger partial charge in [-0.1, -0.05) is 39.5 Å². The van der Waals surface area contributed by atoms with E-state index in [1.807, 2.05) is 6.07 Å². The monoisotopic (exact) mass is 304 g/mol. The highest BCUT2D eigenvalue weighted by Gasteiger charge is 2.20. The summed E-state index contributed by atoms with van der Waals surface area (Å²) in [6.07, 6.45) is 11.0. The molecule has 124 valence electrons. The van der Waals surface area contributed by atoms with Crippen LogP contribution in [0.3, 0.4) is 0 Å². The van der Waals surface area contributed by atoms with Gasteiger partial charge in [0.1, 0.15) is 0 Å². The fourth-order valence-electron chi connectivity index (χ4n) is 3.35. The zero-order valence-corrected chi connectivity index (χ0v) is 14.3. The Kier molecular flexibility index (Phi) is 7.64. The van der Waals surface area contributed by atoms with Crippen molar-refractivity contribution in [2.24, 2.45) is 5.92 Å². The van der Waals surface area contributed by atoms with Crippen LogP contribution in [0.15, 0.2) is 18.3 Å². The Morgan fingerprint density at radius 3 is 3.00 bits per heavy atom. The lowest BCUT2D eigenvalue weighted by Gasteiger charge is -2.34. The molecule has 2 atom stereocenters. The Morgan fingerprint density at radius 1 is 1.36 bits per heavy atom. The molecule has 4 heteroatoms. The summed E-state index contributed by atoms with van der Waals surface area (Å²) in [6.45, 7) is 7.93. The quantitative estimate of drug-likeness (QED) is 0.756. The lowest BCUT2D eigenvalue weighted by molar-refractivity contribution is 0.370. The van der Waals surface area contributed by atoms with Crippen molar-refractivity contribution in [3.05, 3.63) is 18.3 Å². The molecule has 1 aromatic rings. The maximum atomic E-state index is 4.24. The van der Waals surface area contributed by atoms with Crippen LogP contribution in [0.1, 0.15) is 58.8 Å². The first-order valence-corrected chi connectivity index (χ1v) is 9.09. The van der Waals surface area contributed by atoms with Gasteiger partial charge in [0.25, 0.3) is 0 Å². The third-order valence-corrected chi connectivity index (χ3v) is 4.83. The van der Waals surface area contributed by atoms with Crippen LogP contribution < -0.4 is 10.2 Å². The van der Waals surface area contributed by atoms with Gasteiger partial charge in [-0.2, -0.15) is 5.10 Å². The molecule has 0 saturated carbocycles. The van der Waals surface area contributed by atoms with Crippen molar-refractivity contribution in [3.63, 3.8) is 0 Å². The van der Waals surface area contributed by atoms with Crippen LogP contribution in [0.25, 0.3) is 0 Å². The van der Waals surface area contributed by atoms with Crippen molar-refractivity contribution < 1.29 is 0 Å². The summed E-state index contributed by atoms with van der Waals surface area (Å²) >= 11 is 0. The Hall–Kier alpha value is -1.16. The average Bonchev–Trinajstić information content (AvgIpc) is 2.59. The molecule has 0 radical (unpaired) electrons. The van der Waals surface area contributed by atoms with Crippen molar-refractivity contribution >= 4 is 5.82 Å². The molecule has 2 rings (SSSR count). The van der Waals surface area contributed by atoms with E-state index >= 15 is 0 Å². The van der Waals surface area contributed by atoms with Crippen LogP contribution in [0, 0.1) is 5.92 Å². The number of piperidine rings is 1. The number of nitrogens with zero attached hydrogens (tertiary/aromatic N) is 3. The van der Waals surface area contributed by atoms with Gasteiger partial charge in [-0.05, 0) is 43.9 Å². The average molecular weight is 304 g/mol. The van der Waals surface area contributed by atoms with E-state index in [0.29, 0.717) is 6.04 Å². The molecule has 0 aliphatic carbocycles. The molecule has 22 heavy (non-hydrogen) atoms. The first-order chi connectivity index (χ1) is 10.8. The zero-order valence-electron chi connectivity index (χ0n) is 14.3. The fourth-order valence-corrected chi connectivity index (χ4v) is 3.35. The summed E-state index contributed by atoms with van der Waals surface area (Å²) in [4.78, 5) is 2.36. The van der Waals surface area contributed by atoms with Crippen LogP contribution >= 0.6 is 0 Å². The van der Waals surface area contributed by atoms with Crippen LogP contribution in [0.4, 0.5) is 5.82 Å². The Balaban J connectivity index is 1.71. The van der Waals surface area contributed by atoms with E-state index in [2.05, 4.69) is 40.3 Å². The van der Waals surface area contributed by atoms with E-state index in [1.54, 1.807) is 6.20 Å². The molecule has 1 N–H and O–H groups in total. The van der Waals surface area contributed by atoms with Gasteiger partial charge in [0.15, 0.2) is 5.82 Å². The summed E-state index contributed by atoms with van der Waals surface area (Å²) in [5.74, 6) is 1.91. The highest BCUT2D eigenvalue weighted by molar-refractivity contribution is 5.37. The lowest BCUT2D eigenvalue weighted by atomic mass is 9.95. The van der Waals surface area contributed by atoms with Gasteiger partial charge in [-0.25, -0.2) is 0 Å². The summed E-state index contributed by atoms with van der Waals surface area (Å²) in [5.41, 5.74) is 0. The smallest absolute Gasteiger partial charge is 0.151 e. The summed E-state index contributed by atoms with van der Waals surface area (Å²) < 4.78 is 0. The maximum absolute atomic E-state index is 4.24. The Morgan fingerprint density at radius 2 is 2.27 bits per heavy atom. The minimum absolute atomic E-state index is 0.597. The number of hydrogen-bond acceptors (Lipinski definition) is 4. The zero-order chi connectivity index (χ0) is 15.6. The second kappa shape index (κ2) is 9.78. The topological polar surface area (TPSA) is 41.0 Å². The molecule has 1 aliphatic rings. The molecular formula is C18H32N4. The lowest BCUT2D eigenvalue weighted by Crippen LogP contribution is -2.46. The molecule has 2 heterocycles. The van der Waals surface area contributed by atoms with Gasteiger partial charge in [0.05, 0.1) is 0 Å². The first kappa shape index (κ1) is 17.2. The Bertz CT molecular complexity index is 395. The van der Waals surface area contributed by atoms with Gasteiger partial charge < -0.3 is 10.2 Å². The molecule has 0 amide bonds. The second-order valence-electron chi connectivity index (χ2n) is 6.53. The number of hydrogen-bond donors (Lipinski definition) is 1. The van der Waals surface area contributed by atoms with Gasteiger partial charge in [0.2, 0.25) is 0 Å². The summed E-state index contributed by atoms with van der Waals surface area (Å²) in [7, 11) is 0. The highest BCUT2D eigenvalue weighted by Crippen LogP contribution is 2.18. The SMILES string of the molecule is CCCCC(CC)CCNC1CCCN(c2cccnn2)C1. The Labute approximate surface area is 135 Å². The predicted molar refractivity (Wildman–Crippen MR) is 93.2 cm³/mol. The van der Waals surface area contributed by atoms with Crippen molar-refractivity contribution in [3.8, 4) is 0 Å². The van der Waals surface area contributed by atoms with E-state index in [9.17, 15) is 0 Å². The number of rotatable bonds is 9. The molecule has 1 fully saturated rings. The minimum Gasteiger partial charge on any atom is -0.354 e. The minimum atomic E-state index is 0.597. The second-order valence-corrected chi connectivity index (χ2v) is 6.53. The fraction of sp³-hybridized carbons (Fsp3) is 0.778. The largest absolute Gasteiger partial charge is 0.354 e. The third-order valence-electron chi connectivity index (χ3n) is 4.83. The number of aromatic nitrogens is 2. The molecule has 1 aromatic heterocycles. The van der Waals surface area contributed by atoms with Crippen molar-refractivity contribution in [2.75, 3.05) is 24.5 Å². The van der Waals surface area contributed by atoms with E-state index in [1.165, 1.54) is 44.9 Å². The number of nitrogens with one attached hydrogen (secondary N) is 1. The number of unbranched alkanes of at least 4 members (excludes halogenated alkanes) is 1. The van der Waals surface area contributed by atoms with E-state index in [0.717, 1.165) is 31.4 Å². The number of anilines is 1. The molecule has 1 saturated heterocycles. The van der Waals surface area contributed by atoms with Crippen molar-refractivity contribution in [1.82, 2.24) is 15.5 Å². The van der Waals surface area contributed by atoms with Gasteiger partial charge in [-0.3, -0.25) is 0 Å². The van der Waals surface area contributed by atoms with Crippen LogP contribution in [-0.2, 0) is 0 Å². The molecular weight excluding hydrogens is 272 g/mol. The molecule has 0 spiro atoms. The highest BCUT2D eigenvalue weighted by atomic mass is 15.3. The summed E-state index contributed by atoms with van der Waals surface area (Å²) in [6, 6.07) is 4.63. The van der Waals surface area contributed by atoms with Gasteiger partial charge in [-0.15, -0.1) is 5.10 Å². The molecule has 4 nitrogen and oxygen atoms in total. The van der Waals surface area contributed by atoms with E-state index < -0.39 is 0 Å². The predicted octanol–water partition coefficient (Wildman–Crippen LogP) is 3.64. The molecule has 2 unspecified atom stereocenters. The third kappa shape index (κ3) is 5.56. The van der Waals surface area contributed by atoms with Crippen molar-refractivity contribution in [2.45, 2.75) is 64.8 Å². The maximum Gasteiger partial charge on any atom is 0.151 e. The van der Waals surface area contributed by atoms with Crippen molar-refractivity contribution in [1.29, 1.82) is 0 Å². The molecule has 1 aliphatic heterocycles. The molecule has 0 aromatic carbocycles. The normalized spacial score (nSPS) is 20.1. The van der Waals surface area contributed by atoms with Crippen LogP contribution in [-0.4, -0.2) is 35.9 Å². The van der Waals surface area contributed by atoms with Gasteiger partial charge in [0, 0.05) is 25.3 Å². The van der Waals surface area contributed by atoms with Crippen LogP contribution in [0.2, 0.25) is 0 Å². The van der Waals surface area contributed by atoms with Crippen LogP contribution in [0.5, 0.6) is 0 Å². The van der Waals surface area contributed by atoms with E-state index in [-0.39, 0.29) is 0 Å². The van der Waals surface area contributed by atoms with E-state index in [4.69, 9.17) is 0 Å². The standard InChI is InChI=1S/C18H32N4/c1-3-5-8-16(4-2)11-13-19-17-9-7-14-22(15-17)18-10-6-12-20-21-18/h6,10,12,16-17,19H,3-5,7-9,11,13-15H2,1-2H3.